The van der Waals surface area contributed by atoms with Crippen LogP contribution in [0.2, 0.25) is 0 Å². The third kappa shape index (κ3) is 8.30. The molecule has 0 aromatic rings. The molecule has 3 fully saturated rings. The van der Waals surface area contributed by atoms with E-state index in [9.17, 15) is 40.5 Å². The first kappa shape index (κ1) is 36.2. The second-order valence-electron chi connectivity index (χ2n) is 11.3. The number of rotatable bonds is 13. The number of nitrogens with zero attached hydrogens (tertiary/aromatic N) is 4. The molecule has 3 rings (SSSR count). The van der Waals surface area contributed by atoms with Crippen molar-refractivity contribution >= 4 is 11.7 Å². The molecule has 0 amide bonds. The van der Waals surface area contributed by atoms with Gasteiger partial charge in [0, 0.05) is 17.4 Å². The molecule has 0 spiro atoms. The van der Waals surface area contributed by atoms with Crippen molar-refractivity contribution in [2.24, 2.45) is 39.0 Å². The minimum Gasteiger partial charge on any atom is -0.391 e. The lowest BCUT2D eigenvalue weighted by atomic mass is 9.76. The van der Waals surface area contributed by atoms with Crippen LogP contribution in [0.25, 0.3) is 10.4 Å². The van der Waals surface area contributed by atoms with Crippen LogP contribution in [0.5, 0.6) is 0 Å². The SMILES string of the molecule is C[C@@H](O)C1O[C@H](O[C@@H]2C(N)C[C@@H](CC(=O)[C@@H](O)CCN)C(O)[C@H]2O[C@@H]2O[C@H](CN=C(N)N)[C@H](O)C2O)C(N=[N+]=[N-])[C@@H](O)[C@@H]1O. The second kappa shape index (κ2) is 15.8. The molecule has 2 saturated heterocycles. The maximum absolute atomic E-state index is 12.6. The Morgan fingerprint density at radius 3 is 2.25 bits per heavy atom. The van der Waals surface area contributed by atoms with Gasteiger partial charge in [-0.1, -0.05) is 5.11 Å². The van der Waals surface area contributed by atoms with E-state index in [4.69, 9.17) is 47.4 Å². The molecular formula is C24H44N8O12. The molecule has 16 atom stereocenters. The van der Waals surface area contributed by atoms with Gasteiger partial charge in [-0.25, -0.2) is 0 Å². The number of carbonyl (C=O) groups is 1. The Hall–Kier alpha value is -2.27. The van der Waals surface area contributed by atoms with Crippen LogP contribution in [-0.4, -0.2) is 152 Å². The van der Waals surface area contributed by atoms with Crippen molar-refractivity contribution in [1.82, 2.24) is 0 Å². The summed E-state index contributed by atoms with van der Waals surface area (Å²) in [6, 6.07) is -2.59. The summed E-state index contributed by atoms with van der Waals surface area (Å²) in [5.41, 5.74) is 31.6. The topological polar surface area (TPSA) is 361 Å². The number of Topliss-reactive ketones (excluding diaryl/α,β-unsaturated/α-hetero) is 1. The fourth-order valence-corrected chi connectivity index (χ4v) is 5.63. The number of ether oxygens (including phenoxy) is 4. The number of hydrogen-bond acceptors (Lipinski definition) is 16. The van der Waals surface area contributed by atoms with Gasteiger partial charge >= 0.3 is 0 Å². The third-order valence-corrected chi connectivity index (χ3v) is 8.04. The standard InChI is InChI=1S/C24H44N8O12/c1-7(33)19-17(39)16(38)13(31-32-29)22(42-19)43-20-9(26)4-8(5-11(35)10(34)2-3-25)14(36)21(20)44-23-18(40)15(37)12(41-23)6-30-24(27)28/h7-10,12-23,33-34,36-40H,2-6,25-26H2,1H3,(H4,27,28,30)/t7-,8+,9?,10+,12-,13?,14?,15+,16-,17+,18?,19?,20-,21-,22-,23+/m1/s1. The number of ketones is 1. The second-order valence-corrected chi connectivity index (χ2v) is 11.3. The molecule has 2 aliphatic heterocycles. The first-order valence-corrected chi connectivity index (χ1v) is 14.2. The van der Waals surface area contributed by atoms with E-state index in [0.717, 1.165) is 0 Å². The van der Waals surface area contributed by atoms with E-state index in [-0.39, 0.29) is 38.3 Å². The van der Waals surface area contributed by atoms with Crippen LogP contribution in [0.1, 0.15) is 26.2 Å². The monoisotopic (exact) mass is 636 g/mol. The summed E-state index contributed by atoms with van der Waals surface area (Å²) >= 11 is 0. The van der Waals surface area contributed by atoms with Crippen LogP contribution in [0.3, 0.4) is 0 Å². The van der Waals surface area contributed by atoms with Gasteiger partial charge in [-0.05, 0) is 37.8 Å². The van der Waals surface area contributed by atoms with Crippen LogP contribution in [0.15, 0.2) is 10.1 Å². The van der Waals surface area contributed by atoms with Crippen LogP contribution < -0.4 is 22.9 Å². The Kier molecular flexibility index (Phi) is 13.0. The van der Waals surface area contributed by atoms with E-state index in [2.05, 4.69) is 15.0 Å². The molecular weight excluding hydrogens is 592 g/mol. The van der Waals surface area contributed by atoms with Crippen molar-refractivity contribution in [2.75, 3.05) is 13.1 Å². The fourth-order valence-electron chi connectivity index (χ4n) is 5.63. The lowest BCUT2D eigenvalue weighted by molar-refractivity contribution is -0.317. The van der Waals surface area contributed by atoms with Gasteiger partial charge in [-0.15, -0.1) is 0 Å². The Morgan fingerprint density at radius 2 is 1.66 bits per heavy atom. The number of aliphatic hydroxyl groups excluding tert-OH is 7. The predicted molar refractivity (Wildman–Crippen MR) is 148 cm³/mol. The molecule has 0 aromatic carbocycles. The van der Waals surface area contributed by atoms with Crippen molar-refractivity contribution in [1.29, 1.82) is 0 Å². The maximum atomic E-state index is 12.6. The predicted octanol–water partition coefficient (Wildman–Crippen LogP) is -5.64. The minimum atomic E-state index is -1.74. The van der Waals surface area contributed by atoms with Crippen molar-refractivity contribution in [3.63, 3.8) is 0 Å². The Balaban J connectivity index is 1.92. The van der Waals surface area contributed by atoms with Gasteiger partial charge < -0.3 is 77.6 Å². The van der Waals surface area contributed by atoms with Gasteiger partial charge in [-0.2, -0.15) is 0 Å². The fraction of sp³-hybridized carbons (Fsp3) is 0.917. The van der Waals surface area contributed by atoms with Gasteiger partial charge in [0.15, 0.2) is 24.3 Å². The third-order valence-electron chi connectivity index (χ3n) is 8.04. The summed E-state index contributed by atoms with van der Waals surface area (Å²) < 4.78 is 23.2. The van der Waals surface area contributed by atoms with Crippen molar-refractivity contribution in [3.8, 4) is 0 Å². The number of hydrogen-bond donors (Lipinski definition) is 11. The number of aliphatic imine (C=N–C) groups is 1. The number of guanidine groups is 1. The molecule has 5 unspecified atom stereocenters. The van der Waals surface area contributed by atoms with E-state index >= 15 is 0 Å². The Morgan fingerprint density at radius 1 is 1.00 bits per heavy atom. The highest BCUT2D eigenvalue weighted by molar-refractivity contribution is 5.83. The van der Waals surface area contributed by atoms with Gasteiger partial charge in [0.25, 0.3) is 0 Å². The van der Waals surface area contributed by atoms with Crippen molar-refractivity contribution in [2.45, 2.75) is 118 Å². The molecule has 2 heterocycles. The molecule has 0 bridgehead atoms. The Bertz CT molecular complexity index is 1030. The summed E-state index contributed by atoms with van der Waals surface area (Å²) in [7, 11) is 0. The van der Waals surface area contributed by atoms with E-state index in [1.54, 1.807) is 0 Å². The maximum Gasteiger partial charge on any atom is 0.187 e. The molecule has 44 heavy (non-hydrogen) atoms. The lowest BCUT2D eigenvalue weighted by Crippen LogP contribution is -2.65. The Labute approximate surface area is 252 Å². The first-order chi connectivity index (χ1) is 20.7. The summed E-state index contributed by atoms with van der Waals surface area (Å²) in [5, 5.41) is 77.3. The van der Waals surface area contributed by atoms with Crippen LogP contribution in [0.4, 0.5) is 0 Å². The van der Waals surface area contributed by atoms with Crippen LogP contribution in [-0.2, 0) is 23.7 Å². The van der Waals surface area contributed by atoms with Gasteiger partial charge in [0.1, 0.15) is 54.9 Å². The summed E-state index contributed by atoms with van der Waals surface area (Å²) in [6.07, 6.45) is -19.8. The summed E-state index contributed by atoms with van der Waals surface area (Å²) in [6.45, 7) is 1.09. The summed E-state index contributed by atoms with van der Waals surface area (Å²) in [4.78, 5) is 19.1. The van der Waals surface area contributed by atoms with Crippen molar-refractivity contribution < 1.29 is 59.5 Å². The molecule has 20 heteroatoms. The smallest absolute Gasteiger partial charge is 0.187 e. The highest BCUT2D eigenvalue weighted by Gasteiger charge is 2.53. The zero-order chi connectivity index (χ0) is 32.9. The van der Waals surface area contributed by atoms with E-state index in [0.29, 0.717) is 0 Å². The largest absolute Gasteiger partial charge is 0.391 e. The average molecular weight is 637 g/mol. The van der Waals surface area contributed by atoms with E-state index in [1.807, 2.05) is 0 Å². The molecule has 3 aliphatic rings. The van der Waals surface area contributed by atoms with Gasteiger partial charge in [-0.3, -0.25) is 9.79 Å². The molecule has 20 nitrogen and oxygen atoms in total. The molecule has 1 saturated carbocycles. The molecule has 0 aromatic heterocycles. The van der Waals surface area contributed by atoms with Gasteiger partial charge in [0.05, 0.1) is 24.9 Å². The summed E-state index contributed by atoms with van der Waals surface area (Å²) in [5.74, 6) is -1.80. The quantitative estimate of drug-likeness (QED) is 0.0295. The normalized spacial score (nSPS) is 42.2. The zero-order valence-corrected chi connectivity index (χ0v) is 24.0. The molecule has 15 N–H and O–H groups in total. The first-order valence-electron chi connectivity index (χ1n) is 14.2. The van der Waals surface area contributed by atoms with E-state index in [1.165, 1.54) is 6.92 Å². The number of nitrogens with two attached hydrogens (primary N) is 4. The molecule has 1 aliphatic carbocycles. The lowest BCUT2D eigenvalue weighted by Gasteiger charge is -2.48. The van der Waals surface area contributed by atoms with Crippen LogP contribution in [0, 0.1) is 5.92 Å². The molecule has 252 valence electrons. The highest BCUT2D eigenvalue weighted by Crippen LogP contribution is 2.37. The number of aliphatic hydroxyl groups is 7. The van der Waals surface area contributed by atoms with Crippen molar-refractivity contribution in [3.05, 3.63) is 10.4 Å². The average Bonchev–Trinajstić information content (AvgIpc) is 3.23. The van der Waals surface area contributed by atoms with E-state index < -0.39 is 104 Å². The van der Waals surface area contributed by atoms with Gasteiger partial charge in [0.2, 0.25) is 0 Å². The number of azide groups is 1. The number of carbonyl (C=O) groups excluding carboxylic acids is 1. The minimum absolute atomic E-state index is 0.00497. The van der Waals surface area contributed by atoms with Crippen LogP contribution >= 0.6 is 0 Å². The highest BCUT2D eigenvalue weighted by atomic mass is 16.7. The zero-order valence-electron chi connectivity index (χ0n) is 24.0. The molecule has 0 radical (unpaired) electrons.